The molecule has 0 amide bonds. The summed E-state index contributed by atoms with van der Waals surface area (Å²) in [6.45, 7) is 2.80. The number of furan rings is 1. The van der Waals surface area contributed by atoms with Crippen molar-refractivity contribution >= 4 is 10.0 Å². The fraction of sp³-hybridized carbons (Fsp3) is 0.600. The van der Waals surface area contributed by atoms with Gasteiger partial charge in [0.05, 0.1) is 13.2 Å². The second kappa shape index (κ2) is 4.77. The summed E-state index contributed by atoms with van der Waals surface area (Å²) < 4.78 is 37.1. The summed E-state index contributed by atoms with van der Waals surface area (Å²) in [5.74, 6) is 0.822. The Morgan fingerprint density at radius 3 is 2.88 bits per heavy atom. The van der Waals surface area contributed by atoms with Gasteiger partial charge in [0.15, 0.2) is 0 Å². The van der Waals surface area contributed by atoms with E-state index < -0.39 is 10.0 Å². The second-order valence-electron chi connectivity index (χ2n) is 4.02. The molecule has 96 valence electrons. The third-order valence-corrected chi connectivity index (χ3v) is 4.29. The molecular weight excluding hydrogens is 244 g/mol. The van der Waals surface area contributed by atoms with Crippen molar-refractivity contribution in [1.82, 2.24) is 4.72 Å². The molecule has 1 aromatic heterocycles. The zero-order chi connectivity index (χ0) is 12.5. The number of ether oxygens (including phenoxy) is 1. The maximum Gasteiger partial charge on any atom is 0.244 e. The van der Waals surface area contributed by atoms with Crippen molar-refractivity contribution in [2.45, 2.75) is 30.8 Å². The average Bonchev–Trinajstić information content (AvgIpc) is 2.86. The van der Waals surface area contributed by atoms with Crippen LogP contribution in [0.1, 0.15) is 17.9 Å². The standard InChI is InChI=1S/C10H16N2O4S/c1-7-10(4-9(5-11)16-7)17(13,14)12-8-2-3-15-6-8/h4,8,12H,2-3,5-6,11H2,1H3. The van der Waals surface area contributed by atoms with E-state index in [2.05, 4.69) is 4.72 Å². The summed E-state index contributed by atoms with van der Waals surface area (Å²) >= 11 is 0. The van der Waals surface area contributed by atoms with Crippen LogP contribution in [-0.4, -0.2) is 27.7 Å². The maximum absolute atomic E-state index is 12.1. The predicted octanol–water partition coefficient (Wildman–Crippen LogP) is 0.114. The van der Waals surface area contributed by atoms with Gasteiger partial charge < -0.3 is 14.9 Å². The van der Waals surface area contributed by atoms with E-state index in [0.717, 1.165) is 0 Å². The third kappa shape index (κ3) is 2.68. The van der Waals surface area contributed by atoms with Gasteiger partial charge in [-0.15, -0.1) is 0 Å². The van der Waals surface area contributed by atoms with Gasteiger partial charge in [-0.1, -0.05) is 0 Å². The predicted molar refractivity (Wildman–Crippen MR) is 60.9 cm³/mol. The number of aryl methyl sites for hydroxylation is 1. The van der Waals surface area contributed by atoms with E-state index in [1.165, 1.54) is 6.07 Å². The highest BCUT2D eigenvalue weighted by atomic mass is 32.2. The van der Waals surface area contributed by atoms with E-state index >= 15 is 0 Å². The first-order valence-corrected chi connectivity index (χ1v) is 6.90. The molecule has 0 aliphatic carbocycles. The van der Waals surface area contributed by atoms with E-state index in [0.29, 0.717) is 31.2 Å². The molecular formula is C10H16N2O4S. The highest BCUT2D eigenvalue weighted by molar-refractivity contribution is 7.89. The average molecular weight is 260 g/mol. The lowest BCUT2D eigenvalue weighted by molar-refractivity contribution is 0.192. The van der Waals surface area contributed by atoms with Crippen LogP contribution in [0.15, 0.2) is 15.4 Å². The Bertz CT molecular complexity index is 488. The summed E-state index contributed by atoms with van der Waals surface area (Å²) in [4.78, 5) is 0.157. The van der Waals surface area contributed by atoms with E-state index in [1.807, 2.05) is 0 Å². The molecule has 7 heteroatoms. The largest absolute Gasteiger partial charge is 0.464 e. The molecule has 17 heavy (non-hydrogen) atoms. The Hall–Kier alpha value is -0.890. The first kappa shape index (κ1) is 12.6. The molecule has 0 spiro atoms. The fourth-order valence-corrected chi connectivity index (χ4v) is 3.26. The van der Waals surface area contributed by atoms with Crippen LogP contribution in [-0.2, 0) is 21.3 Å². The molecule has 1 aliphatic rings. The molecule has 0 bridgehead atoms. The lowest BCUT2D eigenvalue weighted by atomic mass is 10.3. The van der Waals surface area contributed by atoms with Crippen molar-refractivity contribution in [3.63, 3.8) is 0 Å². The number of hydrogen-bond acceptors (Lipinski definition) is 5. The second-order valence-corrected chi connectivity index (χ2v) is 5.70. The lowest BCUT2D eigenvalue weighted by Crippen LogP contribution is -2.35. The zero-order valence-corrected chi connectivity index (χ0v) is 10.4. The van der Waals surface area contributed by atoms with Crippen LogP contribution in [0, 0.1) is 6.92 Å². The number of rotatable bonds is 4. The molecule has 1 unspecified atom stereocenters. The van der Waals surface area contributed by atoms with Gasteiger partial charge in [0.1, 0.15) is 16.4 Å². The number of nitrogens with one attached hydrogen (secondary N) is 1. The summed E-state index contributed by atoms with van der Waals surface area (Å²) in [6.07, 6.45) is 0.694. The molecule has 1 aromatic rings. The normalized spacial score (nSPS) is 20.9. The van der Waals surface area contributed by atoms with Gasteiger partial charge in [0.25, 0.3) is 0 Å². The molecule has 0 aromatic carbocycles. The molecule has 0 saturated carbocycles. The molecule has 1 atom stereocenters. The Labute approximate surface area is 100 Å². The first-order chi connectivity index (χ1) is 8.03. The van der Waals surface area contributed by atoms with Crippen LogP contribution in [0.3, 0.4) is 0 Å². The molecule has 3 N–H and O–H groups in total. The minimum absolute atomic E-state index is 0.157. The molecule has 1 saturated heterocycles. The zero-order valence-electron chi connectivity index (χ0n) is 9.60. The highest BCUT2D eigenvalue weighted by Crippen LogP contribution is 2.20. The Balaban J connectivity index is 2.21. The van der Waals surface area contributed by atoms with Gasteiger partial charge in [0, 0.05) is 18.7 Å². The van der Waals surface area contributed by atoms with E-state index in [9.17, 15) is 8.42 Å². The van der Waals surface area contributed by atoms with Gasteiger partial charge in [-0.05, 0) is 13.3 Å². The maximum atomic E-state index is 12.1. The van der Waals surface area contributed by atoms with Crippen molar-refractivity contribution in [2.75, 3.05) is 13.2 Å². The summed E-state index contributed by atoms with van der Waals surface area (Å²) in [5, 5.41) is 0. The summed E-state index contributed by atoms with van der Waals surface area (Å²) in [7, 11) is -3.54. The van der Waals surface area contributed by atoms with Crippen molar-refractivity contribution in [3.05, 3.63) is 17.6 Å². The molecule has 1 fully saturated rings. The molecule has 0 radical (unpaired) electrons. The van der Waals surface area contributed by atoms with Crippen molar-refractivity contribution < 1.29 is 17.6 Å². The van der Waals surface area contributed by atoms with E-state index in [-0.39, 0.29) is 17.5 Å². The van der Waals surface area contributed by atoms with Gasteiger partial charge in [0.2, 0.25) is 10.0 Å². The Kier molecular flexibility index (Phi) is 3.53. The van der Waals surface area contributed by atoms with E-state index in [4.69, 9.17) is 14.9 Å². The monoisotopic (exact) mass is 260 g/mol. The number of hydrogen-bond donors (Lipinski definition) is 2. The summed E-state index contributed by atoms with van der Waals surface area (Å²) in [6, 6.07) is 1.31. The van der Waals surface area contributed by atoms with Gasteiger partial charge in [-0.3, -0.25) is 0 Å². The third-order valence-electron chi connectivity index (χ3n) is 2.67. The Morgan fingerprint density at radius 2 is 2.35 bits per heavy atom. The number of nitrogens with two attached hydrogens (primary N) is 1. The molecule has 6 nitrogen and oxygen atoms in total. The van der Waals surface area contributed by atoms with Gasteiger partial charge >= 0.3 is 0 Å². The Morgan fingerprint density at radius 1 is 1.59 bits per heavy atom. The smallest absolute Gasteiger partial charge is 0.244 e. The SMILES string of the molecule is Cc1oc(CN)cc1S(=O)(=O)NC1CCOC1. The van der Waals surface area contributed by atoms with Crippen LogP contribution in [0.2, 0.25) is 0 Å². The highest BCUT2D eigenvalue weighted by Gasteiger charge is 2.26. The molecule has 1 aliphatic heterocycles. The lowest BCUT2D eigenvalue weighted by Gasteiger charge is -2.10. The van der Waals surface area contributed by atoms with Crippen LogP contribution in [0.5, 0.6) is 0 Å². The van der Waals surface area contributed by atoms with E-state index in [1.54, 1.807) is 6.92 Å². The topological polar surface area (TPSA) is 94.6 Å². The minimum Gasteiger partial charge on any atom is -0.464 e. The molecule has 2 heterocycles. The van der Waals surface area contributed by atoms with Gasteiger partial charge in [-0.25, -0.2) is 13.1 Å². The minimum atomic E-state index is -3.54. The van der Waals surface area contributed by atoms with Crippen LogP contribution >= 0.6 is 0 Å². The van der Waals surface area contributed by atoms with Crippen LogP contribution in [0.25, 0.3) is 0 Å². The van der Waals surface area contributed by atoms with Crippen molar-refractivity contribution in [2.24, 2.45) is 5.73 Å². The van der Waals surface area contributed by atoms with Gasteiger partial charge in [-0.2, -0.15) is 0 Å². The van der Waals surface area contributed by atoms with Crippen LogP contribution < -0.4 is 10.5 Å². The quantitative estimate of drug-likeness (QED) is 0.801. The fourth-order valence-electron chi connectivity index (χ4n) is 1.80. The van der Waals surface area contributed by atoms with Crippen molar-refractivity contribution in [3.8, 4) is 0 Å². The van der Waals surface area contributed by atoms with Crippen LogP contribution in [0.4, 0.5) is 0 Å². The molecule has 2 rings (SSSR count). The van der Waals surface area contributed by atoms with Crippen molar-refractivity contribution in [1.29, 1.82) is 0 Å². The first-order valence-electron chi connectivity index (χ1n) is 5.42. The summed E-state index contributed by atoms with van der Waals surface area (Å²) in [5.41, 5.74) is 5.41. The number of sulfonamides is 1.